The summed E-state index contributed by atoms with van der Waals surface area (Å²) in [6, 6.07) is 5.43. The van der Waals surface area contributed by atoms with Gasteiger partial charge in [-0.3, -0.25) is 14.4 Å². The van der Waals surface area contributed by atoms with E-state index >= 15 is 0 Å². The van der Waals surface area contributed by atoms with E-state index in [1.165, 1.54) is 31.2 Å². The summed E-state index contributed by atoms with van der Waals surface area (Å²) < 4.78 is 13.0. The standard InChI is InChI=1S/C17H21FN4O3/c1-10(7-8-19)15(16(20)24)22-17(25)14(21-11(2)23)9-12-3-5-13(18)6-4-12/h3-6,10,14-15H,7,9H2,1-2H3,(H2,20,24)(H,21,23)(H,22,25)/t10-,14-,15-/m1/s1. The van der Waals surface area contributed by atoms with Crippen LogP contribution in [0.3, 0.4) is 0 Å². The zero-order valence-corrected chi connectivity index (χ0v) is 14.1. The van der Waals surface area contributed by atoms with E-state index in [1.807, 2.05) is 6.07 Å². The van der Waals surface area contributed by atoms with Gasteiger partial charge in [-0.25, -0.2) is 4.39 Å². The number of hydrogen-bond donors (Lipinski definition) is 3. The monoisotopic (exact) mass is 348 g/mol. The molecule has 25 heavy (non-hydrogen) atoms. The molecule has 0 heterocycles. The third kappa shape index (κ3) is 6.59. The van der Waals surface area contributed by atoms with Crippen molar-refractivity contribution in [2.75, 3.05) is 0 Å². The number of amides is 3. The van der Waals surface area contributed by atoms with Crippen LogP contribution in [0.15, 0.2) is 24.3 Å². The van der Waals surface area contributed by atoms with Crippen molar-refractivity contribution >= 4 is 17.7 Å². The molecule has 4 N–H and O–H groups in total. The minimum absolute atomic E-state index is 0.0383. The van der Waals surface area contributed by atoms with Gasteiger partial charge >= 0.3 is 0 Å². The summed E-state index contributed by atoms with van der Waals surface area (Å²) in [5.41, 5.74) is 5.93. The molecule has 1 aromatic rings. The number of nitrogens with one attached hydrogen (secondary N) is 2. The number of hydrogen-bond acceptors (Lipinski definition) is 4. The average molecular weight is 348 g/mol. The SMILES string of the molecule is CC(=O)N[C@H](Cc1ccc(F)cc1)C(=O)N[C@@H](C(N)=O)[C@H](C)CC#N. The molecule has 0 aromatic heterocycles. The van der Waals surface area contributed by atoms with Gasteiger partial charge in [0.2, 0.25) is 17.7 Å². The lowest BCUT2D eigenvalue weighted by molar-refractivity contribution is -0.131. The molecule has 0 saturated heterocycles. The largest absolute Gasteiger partial charge is 0.368 e. The molecule has 0 bridgehead atoms. The minimum atomic E-state index is -1.03. The fraction of sp³-hybridized carbons (Fsp3) is 0.412. The van der Waals surface area contributed by atoms with Crippen molar-refractivity contribution in [1.29, 1.82) is 5.26 Å². The number of nitrogens with two attached hydrogens (primary N) is 1. The maximum atomic E-state index is 13.0. The van der Waals surface area contributed by atoms with E-state index in [1.54, 1.807) is 6.92 Å². The molecule has 0 saturated carbocycles. The normalized spacial score (nSPS) is 13.8. The van der Waals surface area contributed by atoms with Crippen molar-refractivity contribution in [1.82, 2.24) is 10.6 Å². The summed E-state index contributed by atoms with van der Waals surface area (Å²) in [5, 5.41) is 13.7. The van der Waals surface area contributed by atoms with Gasteiger partial charge in [0.1, 0.15) is 17.9 Å². The van der Waals surface area contributed by atoms with Crippen LogP contribution in [0, 0.1) is 23.1 Å². The molecule has 8 heteroatoms. The van der Waals surface area contributed by atoms with Gasteiger partial charge in [0.15, 0.2) is 0 Å². The first-order valence-electron chi connectivity index (χ1n) is 7.72. The third-order valence-electron chi connectivity index (χ3n) is 3.63. The summed E-state index contributed by atoms with van der Waals surface area (Å²) in [4.78, 5) is 35.4. The van der Waals surface area contributed by atoms with E-state index in [0.29, 0.717) is 5.56 Å². The first-order chi connectivity index (χ1) is 11.7. The van der Waals surface area contributed by atoms with Gasteiger partial charge < -0.3 is 16.4 Å². The first-order valence-corrected chi connectivity index (χ1v) is 7.72. The van der Waals surface area contributed by atoms with Gasteiger partial charge in [0.05, 0.1) is 6.07 Å². The summed E-state index contributed by atoms with van der Waals surface area (Å²) >= 11 is 0. The highest BCUT2D eigenvalue weighted by Crippen LogP contribution is 2.10. The Bertz CT molecular complexity index is 669. The van der Waals surface area contributed by atoms with Crippen LogP contribution in [0.5, 0.6) is 0 Å². The summed E-state index contributed by atoms with van der Waals surface area (Å²) in [6.45, 7) is 2.88. The number of halogens is 1. The number of nitrogens with zero attached hydrogens (tertiary/aromatic N) is 1. The number of carbonyl (C=O) groups is 3. The second-order valence-electron chi connectivity index (χ2n) is 5.81. The Labute approximate surface area is 145 Å². The molecule has 0 radical (unpaired) electrons. The molecule has 3 amide bonds. The van der Waals surface area contributed by atoms with E-state index in [0.717, 1.165) is 0 Å². The Kier molecular flexibility index (Phi) is 7.53. The van der Waals surface area contributed by atoms with Gasteiger partial charge in [-0.1, -0.05) is 19.1 Å². The average Bonchev–Trinajstić information content (AvgIpc) is 2.53. The van der Waals surface area contributed by atoms with Gasteiger partial charge in [0, 0.05) is 19.8 Å². The molecular weight excluding hydrogens is 327 g/mol. The van der Waals surface area contributed by atoms with Crippen molar-refractivity contribution in [3.8, 4) is 6.07 Å². The maximum Gasteiger partial charge on any atom is 0.243 e. The van der Waals surface area contributed by atoms with Crippen LogP contribution in [0.4, 0.5) is 4.39 Å². The fourth-order valence-corrected chi connectivity index (χ4v) is 2.32. The predicted molar refractivity (Wildman–Crippen MR) is 88.2 cm³/mol. The lowest BCUT2D eigenvalue weighted by Gasteiger charge is -2.24. The molecule has 134 valence electrons. The Morgan fingerprint density at radius 2 is 1.84 bits per heavy atom. The summed E-state index contributed by atoms with van der Waals surface area (Å²) in [6.07, 6.45) is 0.153. The van der Waals surface area contributed by atoms with Crippen molar-refractivity contribution in [2.45, 2.75) is 38.8 Å². The Morgan fingerprint density at radius 1 is 1.24 bits per heavy atom. The van der Waals surface area contributed by atoms with Crippen molar-refractivity contribution in [2.24, 2.45) is 11.7 Å². The molecule has 0 spiro atoms. The molecule has 0 aliphatic rings. The Morgan fingerprint density at radius 3 is 2.32 bits per heavy atom. The predicted octanol–water partition coefficient (Wildman–Crippen LogP) is 0.393. The lowest BCUT2D eigenvalue weighted by atomic mass is 9.97. The van der Waals surface area contributed by atoms with E-state index < -0.39 is 41.5 Å². The Hall–Kier alpha value is -2.95. The van der Waals surface area contributed by atoms with Crippen LogP contribution in [-0.2, 0) is 20.8 Å². The number of primary amides is 1. The molecule has 3 atom stereocenters. The van der Waals surface area contributed by atoms with Crippen LogP contribution in [0.1, 0.15) is 25.8 Å². The van der Waals surface area contributed by atoms with Gasteiger partial charge in [-0.15, -0.1) is 0 Å². The number of nitriles is 1. The van der Waals surface area contributed by atoms with Crippen LogP contribution in [-0.4, -0.2) is 29.8 Å². The highest BCUT2D eigenvalue weighted by molar-refractivity contribution is 5.91. The highest BCUT2D eigenvalue weighted by Gasteiger charge is 2.28. The number of carbonyl (C=O) groups excluding carboxylic acids is 3. The quantitative estimate of drug-likeness (QED) is 0.628. The molecule has 1 rings (SSSR count). The maximum absolute atomic E-state index is 13.0. The molecule has 0 aliphatic heterocycles. The molecule has 0 aliphatic carbocycles. The van der Waals surface area contributed by atoms with Crippen molar-refractivity contribution in [3.05, 3.63) is 35.6 Å². The smallest absolute Gasteiger partial charge is 0.243 e. The minimum Gasteiger partial charge on any atom is -0.368 e. The van der Waals surface area contributed by atoms with Crippen molar-refractivity contribution < 1.29 is 18.8 Å². The summed E-state index contributed by atoms with van der Waals surface area (Å²) in [7, 11) is 0. The topological polar surface area (TPSA) is 125 Å². The first kappa shape index (κ1) is 20.1. The zero-order chi connectivity index (χ0) is 19.0. The van der Waals surface area contributed by atoms with E-state index in [-0.39, 0.29) is 12.8 Å². The Balaban J connectivity index is 2.91. The highest BCUT2D eigenvalue weighted by atomic mass is 19.1. The van der Waals surface area contributed by atoms with Crippen LogP contribution in [0.25, 0.3) is 0 Å². The lowest BCUT2D eigenvalue weighted by Crippen LogP contribution is -2.55. The van der Waals surface area contributed by atoms with Crippen LogP contribution in [0.2, 0.25) is 0 Å². The van der Waals surface area contributed by atoms with Gasteiger partial charge in [0.25, 0.3) is 0 Å². The molecule has 0 fully saturated rings. The number of benzene rings is 1. The van der Waals surface area contributed by atoms with Gasteiger partial charge in [-0.05, 0) is 23.6 Å². The molecule has 1 aromatic carbocycles. The van der Waals surface area contributed by atoms with E-state index in [9.17, 15) is 18.8 Å². The molecule has 7 nitrogen and oxygen atoms in total. The zero-order valence-electron chi connectivity index (χ0n) is 14.1. The second kappa shape index (κ2) is 9.37. The third-order valence-corrected chi connectivity index (χ3v) is 3.63. The van der Waals surface area contributed by atoms with Gasteiger partial charge in [-0.2, -0.15) is 5.26 Å². The van der Waals surface area contributed by atoms with E-state index in [2.05, 4.69) is 10.6 Å². The molecule has 0 unspecified atom stereocenters. The van der Waals surface area contributed by atoms with E-state index in [4.69, 9.17) is 11.0 Å². The molecular formula is C17H21FN4O3. The second-order valence-corrected chi connectivity index (χ2v) is 5.81. The van der Waals surface area contributed by atoms with Crippen LogP contribution >= 0.6 is 0 Å². The fourth-order valence-electron chi connectivity index (χ4n) is 2.32. The van der Waals surface area contributed by atoms with Crippen LogP contribution < -0.4 is 16.4 Å². The van der Waals surface area contributed by atoms with Crippen molar-refractivity contribution in [3.63, 3.8) is 0 Å². The summed E-state index contributed by atoms with van der Waals surface area (Å²) in [5.74, 6) is -2.69. The number of rotatable bonds is 8.